The highest BCUT2D eigenvalue weighted by Crippen LogP contribution is 2.29. The molecule has 2 N–H and O–H groups in total. The number of pyridine rings is 1. The van der Waals surface area contributed by atoms with Crippen LogP contribution in [0.2, 0.25) is 0 Å². The molecule has 1 amide bonds. The number of para-hydroxylation sites is 1. The van der Waals surface area contributed by atoms with Crippen molar-refractivity contribution in [3.63, 3.8) is 0 Å². The van der Waals surface area contributed by atoms with Gasteiger partial charge in [-0.25, -0.2) is 4.98 Å². The highest BCUT2D eigenvalue weighted by molar-refractivity contribution is 6.01. The second kappa shape index (κ2) is 6.99. The fourth-order valence-corrected chi connectivity index (χ4v) is 3.01. The molecule has 0 aliphatic rings. The molecule has 5 heteroatoms. The molecule has 0 fully saturated rings. The minimum absolute atomic E-state index is 0.122. The normalized spacial score (nSPS) is 14.0. The third-order valence-corrected chi connectivity index (χ3v) is 4.73. The van der Waals surface area contributed by atoms with Crippen molar-refractivity contribution in [1.82, 2.24) is 20.3 Å². The van der Waals surface area contributed by atoms with Crippen molar-refractivity contribution in [2.24, 2.45) is 5.92 Å². The largest absolute Gasteiger partial charge is 0.356 e. The number of nitrogens with zero attached hydrogens (tertiary/aromatic N) is 2. The van der Waals surface area contributed by atoms with Gasteiger partial charge in [0.1, 0.15) is 11.3 Å². The maximum absolute atomic E-state index is 11.7. The number of hydrogen-bond donors (Lipinski definition) is 2. The first-order valence-electron chi connectivity index (χ1n) is 8.60. The standard InChI is InChI=1S/C19H24N4O/c1-4-20-17(24)10-9-12(2)13(3)19-22-16-11-21-15-8-6-5-7-14(15)18(16)23-19/h5-8,11-13H,4,9-10H2,1-3H3,(H,20,24)(H,22,23). The van der Waals surface area contributed by atoms with Gasteiger partial charge < -0.3 is 10.3 Å². The lowest BCUT2D eigenvalue weighted by Crippen LogP contribution is -2.23. The van der Waals surface area contributed by atoms with Crippen molar-refractivity contribution >= 4 is 27.8 Å². The van der Waals surface area contributed by atoms with Gasteiger partial charge in [-0.15, -0.1) is 0 Å². The van der Waals surface area contributed by atoms with Crippen LogP contribution in [0.3, 0.4) is 0 Å². The molecule has 0 aliphatic carbocycles. The second-order valence-corrected chi connectivity index (χ2v) is 6.42. The van der Waals surface area contributed by atoms with Gasteiger partial charge in [0.15, 0.2) is 0 Å². The number of benzene rings is 1. The SMILES string of the molecule is CCNC(=O)CCC(C)C(C)c1nc2cnc3ccccc3c2[nH]1. The van der Waals surface area contributed by atoms with Gasteiger partial charge >= 0.3 is 0 Å². The topological polar surface area (TPSA) is 70.7 Å². The first-order valence-corrected chi connectivity index (χ1v) is 8.60. The summed E-state index contributed by atoms with van der Waals surface area (Å²) in [4.78, 5) is 24.3. The summed E-state index contributed by atoms with van der Waals surface area (Å²) in [6.45, 7) is 6.96. The number of imidazole rings is 1. The summed E-state index contributed by atoms with van der Waals surface area (Å²) in [6.07, 6.45) is 3.23. The molecular weight excluding hydrogens is 300 g/mol. The maximum Gasteiger partial charge on any atom is 0.219 e. The van der Waals surface area contributed by atoms with Gasteiger partial charge in [0.25, 0.3) is 0 Å². The number of carbonyl (C=O) groups excluding carboxylic acids is 1. The Kier molecular flexibility index (Phi) is 4.79. The highest BCUT2D eigenvalue weighted by Gasteiger charge is 2.19. The molecule has 1 aromatic carbocycles. The van der Waals surface area contributed by atoms with Crippen LogP contribution in [0.1, 0.15) is 45.4 Å². The van der Waals surface area contributed by atoms with Crippen LogP contribution in [-0.4, -0.2) is 27.4 Å². The summed E-state index contributed by atoms with van der Waals surface area (Å²) in [6, 6.07) is 8.08. The molecule has 3 aromatic rings. The molecule has 2 atom stereocenters. The number of hydrogen-bond acceptors (Lipinski definition) is 3. The van der Waals surface area contributed by atoms with Crippen molar-refractivity contribution in [3.05, 3.63) is 36.3 Å². The molecule has 0 bridgehead atoms. The third kappa shape index (κ3) is 3.25. The lowest BCUT2D eigenvalue weighted by atomic mass is 9.91. The zero-order valence-corrected chi connectivity index (χ0v) is 14.5. The average molecular weight is 324 g/mol. The predicted octanol–water partition coefficient (Wildman–Crippen LogP) is 3.77. The van der Waals surface area contributed by atoms with Crippen LogP contribution in [0.15, 0.2) is 30.5 Å². The molecule has 24 heavy (non-hydrogen) atoms. The van der Waals surface area contributed by atoms with Crippen molar-refractivity contribution in [2.45, 2.75) is 39.5 Å². The van der Waals surface area contributed by atoms with E-state index in [1.165, 1.54) is 0 Å². The van der Waals surface area contributed by atoms with Crippen molar-refractivity contribution < 1.29 is 4.79 Å². The van der Waals surface area contributed by atoms with E-state index in [0.717, 1.165) is 34.2 Å². The summed E-state index contributed by atoms with van der Waals surface area (Å²) < 4.78 is 0. The quantitative estimate of drug-likeness (QED) is 0.725. The maximum atomic E-state index is 11.7. The smallest absolute Gasteiger partial charge is 0.219 e. The summed E-state index contributed by atoms with van der Waals surface area (Å²) >= 11 is 0. The zero-order valence-electron chi connectivity index (χ0n) is 14.5. The number of nitrogens with one attached hydrogen (secondary N) is 2. The Hall–Kier alpha value is -2.43. The highest BCUT2D eigenvalue weighted by atomic mass is 16.1. The molecular formula is C19H24N4O. The molecule has 0 aliphatic heterocycles. The first-order chi connectivity index (χ1) is 11.6. The monoisotopic (exact) mass is 324 g/mol. The van der Waals surface area contributed by atoms with Crippen LogP contribution < -0.4 is 5.32 Å². The molecule has 0 saturated carbocycles. The van der Waals surface area contributed by atoms with Crippen LogP contribution in [0.5, 0.6) is 0 Å². The number of fused-ring (bicyclic) bond motifs is 3. The third-order valence-electron chi connectivity index (χ3n) is 4.73. The molecule has 3 rings (SSSR count). The van der Waals surface area contributed by atoms with E-state index in [1.54, 1.807) is 0 Å². The lowest BCUT2D eigenvalue weighted by molar-refractivity contribution is -0.121. The Morgan fingerprint density at radius 3 is 2.83 bits per heavy atom. The molecule has 0 saturated heterocycles. The van der Waals surface area contributed by atoms with Crippen LogP contribution >= 0.6 is 0 Å². The second-order valence-electron chi connectivity index (χ2n) is 6.42. The van der Waals surface area contributed by atoms with E-state index < -0.39 is 0 Å². The molecule has 2 heterocycles. The average Bonchev–Trinajstić information content (AvgIpc) is 3.04. The van der Waals surface area contributed by atoms with E-state index in [0.29, 0.717) is 18.9 Å². The van der Waals surface area contributed by atoms with Gasteiger partial charge in [-0.2, -0.15) is 0 Å². The van der Waals surface area contributed by atoms with Crippen molar-refractivity contribution in [1.29, 1.82) is 0 Å². The van der Waals surface area contributed by atoms with Gasteiger partial charge in [0, 0.05) is 24.3 Å². The number of aromatic amines is 1. The Morgan fingerprint density at radius 1 is 1.25 bits per heavy atom. The lowest BCUT2D eigenvalue weighted by Gasteiger charge is -2.17. The Labute approximate surface area is 141 Å². The molecule has 5 nitrogen and oxygen atoms in total. The van der Waals surface area contributed by atoms with E-state index in [-0.39, 0.29) is 11.8 Å². The van der Waals surface area contributed by atoms with Gasteiger partial charge in [-0.05, 0) is 25.3 Å². The summed E-state index contributed by atoms with van der Waals surface area (Å²) in [5, 5.41) is 3.94. The molecule has 2 unspecified atom stereocenters. The molecule has 0 radical (unpaired) electrons. The number of aromatic nitrogens is 3. The van der Waals surface area contributed by atoms with E-state index in [1.807, 2.05) is 31.3 Å². The fourth-order valence-electron chi connectivity index (χ4n) is 3.01. The molecule has 2 aromatic heterocycles. The van der Waals surface area contributed by atoms with Crippen LogP contribution in [0.25, 0.3) is 21.9 Å². The Balaban J connectivity index is 1.81. The van der Waals surface area contributed by atoms with E-state index in [9.17, 15) is 4.79 Å². The first kappa shape index (κ1) is 16.4. The van der Waals surface area contributed by atoms with Crippen LogP contribution in [0, 0.1) is 5.92 Å². The summed E-state index contributed by atoms with van der Waals surface area (Å²) in [5.41, 5.74) is 2.90. The van der Waals surface area contributed by atoms with Crippen molar-refractivity contribution in [2.75, 3.05) is 6.54 Å². The van der Waals surface area contributed by atoms with E-state index in [4.69, 9.17) is 4.98 Å². The van der Waals surface area contributed by atoms with Crippen LogP contribution in [0.4, 0.5) is 0 Å². The van der Waals surface area contributed by atoms with Gasteiger partial charge in [-0.3, -0.25) is 9.78 Å². The summed E-state index contributed by atoms with van der Waals surface area (Å²) in [7, 11) is 0. The van der Waals surface area contributed by atoms with Gasteiger partial charge in [0.05, 0.1) is 17.2 Å². The predicted molar refractivity (Wildman–Crippen MR) is 96.9 cm³/mol. The Bertz CT molecular complexity index is 855. The van der Waals surface area contributed by atoms with E-state index in [2.05, 4.69) is 35.2 Å². The summed E-state index contributed by atoms with van der Waals surface area (Å²) in [5.74, 6) is 1.71. The number of amides is 1. The molecule has 126 valence electrons. The zero-order chi connectivity index (χ0) is 17.1. The molecule has 0 spiro atoms. The van der Waals surface area contributed by atoms with Gasteiger partial charge in [-0.1, -0.05) is 32.0 Å². The number of rotatable bonds is 6. The minimum atomic E-state index is 0.122. The number of carbonyl (C=O) groups is 1. The van der Waals surface area contributed by atoms with E-state index >= 15 is 0 Å². The fraction of sp³-hybridized carbons (Fsp3) is 0.421. The van der Waals surface area contributed by atoms with Gasteiger partial charge in [0.2, 0.25) is 5.91 Å². The van der Waals surface area contributed by atoms with Crippen LogP contribution in [-0.2, 0) is 4.79 Å². The number of H-pyrrole nitrogens is 1. The minimum Gasteiger partial charge on any atom is -0.356 e. The van der Waals surface area contributed by atoms with Crippen molar-refractivity contribution in [3.8, 4) is 0 Å². The Morgan fingerprint density at radius 2 is 2.04 bits per heavy atom.